The average molecular weight is 410 g/mol. The van der Waals surface area contributed by atoms with E-state index in [-0.39, 0.29) is 0 Å². The number of nitrogen functional groups attached to an aromatic ring is 1. The van der Waals surface area contributed by atoms with Crippen LogP contribution >= 0.6 is 11.3 Å². The quantitative estimate of drug-likeness (QED) is 0.541. The number of hydrogen-bond acceptors (Lipinski definition) is 6. The molecule has 1 aliphatic rings. The van der Waals surface area contributed by atoms with Crippen LogP contribution < -0.4 is 5.73 Å². The van der Waals surface area contributed by atoms with Gasteiger partial charge in [0.1, 0.15) is 16.9 Å². The summed E-state index contributed by atoms with van der Waals surface area (Å²) in [6.45, 7) is 9.86. The van der Waals surface area contributed by atoms with Crippen LogP contribution in [0.4, 0.5) is 5.69 Å². The van der Waals surface area contributed by atoms with Gasteiger partial charge in [-0.3, -0.25) is 4.68 Å². The summed E-state index contributed by atoms with van der Waals surface area (Å²) in [6.07, 6.45) is 8.09. The van der Waals surface area contributed by atoms with Crippen molar-refractivity contribution in [2.75, 3.05) is 5.73 Å². The first-order chi connectivity index (χ1) is 13.9. The zero-order valence-corrected chi connectivity index (χ0v) is 18.3. The van der Waals surface area contributed by atoms with Crippen molar-refractivity contribution in [2.45, 2.75) is 59.9 Å². The Kier molecular flexibility index (Phi) is 4.17. The molecular weight excluding hydrogens is 382 g/mol. The van der Waals surface area contributed by atoms with Crippen molar-refractivity contribution in [1.82, 2.24) is 29.4 Å². The van der Waals surface area contributed by atoms with Crippen LogP contribution in [0.15, 0.2) is 12.5 Å². The molecule has 4 aromatic heterocycles. The summed E-state index contributed by atoms with van der Waals surface area (Å²) in [5.41, 5.74) is 10.2. The van der Waals surface area contributed by atoms with E-state index in [4.69, 9.17) is 15.7 Å². The Hall–Kier alpha value is -2.48. The lowest BCUT2D eigenvalue weighted by molar-refractivity contribution is 0.184. The Morgan fingerprint density at radius 3 is 2.90 bits per heavy atom. The van der Waals surface area contributed by atoms with Gasteiger partial charge >= 0.3 is 0 Å². The van der Waals surface area contributed by atoms with Gasteiger partial charge in [-0.15, -0.1) is 16.4 Å². The molecule has 1 atom stereocenters. The van der Waals surface area contributed by atoms with E-state index < -0.39 is 0 Å². The average Bonchev–Trinajstić information content (AvgIpc) is 3.40. The minimum atomic E-state index is 0.370. The van der Waals surface area contributed by atoms with E-state index in [1.54, 1.807) is 17.0 Å². The Balaban J connectivity index is 1.65. The molecule has 0 fully saturated rings. The largest absolute Gasteiger partial charge is 0.396 e. The maximum Gasteiger partial charge on any atom is 0.202 e. The highest BCUT2D eigenvalue weighted by Gasteiger charge is 2.33. The second kappa shape index (κ2) is 6.52. The number of fused-ring (bicyclic) bond motifs is 5. The van der Waals surface area contributed by atoms with Crippen molar-refractivity contribution in [2.24, 2.45) is 11.3 Å². The predicted octanol–water partition coefficient (Wildman–Crippen LogP) is 4.35. The zero-order valence-electron chi connectivity index (χ0n) is 17.4. The molecule has 152 valence electrons. The summed E-state index contributed by atoms with van der Waals surface area (Å²) in [7, 11) is 0. The molecule has 0 aliphatic heterocycles. The van der Waals surface area contributed by atoms with Gasteiger partial charge in [0, 0.05) is 11.4 Å². The third-order valence-electron chi connectivity index (χ3n) is 6.78. The van der Waals surface area contributed by atoms with Crippen molar-refractivity contribution in [3.05, 3.63) is 23.0 Å². The van der Waals surface area contributed by atoms with Gasteiger partial charge in [-0.25, -0.2) is 14.5 Å². The van der Waals surface area contributed by atoms with Gasteiger partial charge in [0.2, 0.25) is 5.82 Å². The summed E-state index contributed by atoms with van der Waals surface area (Å²) in [4.78, 5) is 12.1. The van der Waals surface area contributed by atoms with Gasteiger partial charge in [0.05, 0.1) is 17.3 Å². The highest BCUT2D eigenvalue weighted by molar-refractivity contribution is 7.19. The molecular formula is C21H27N7S. The number of aryl methyl sites for hydroxylation is 2. The molecule has 8 heteroatoms. The third kappa shape index (κ3) is 2.76. The van der Waals surface area contributed by atoms with Crippen LogP contribution in [0.5, 0.6) is 0 Å². The first-order valence-corrected chi connectivity index (χ1v) is 11.2. The van der Waals surface area contributed by atoms with E-state index >= 15 is 0 Å². The maximum atomic E-state index is 6.16. The van der Waals surface area contributed by atoms with Crippen LogP contribution in [-0.4, -0.2) is 29.4 Å². The second-order valence-corrected chi connectivity index (χ2v) is 9.76. The molecule has 0 aromatic carbocycles. The van der Waals surface area contributed by atoms with Gasteiger partial charge in [-0.05, 0) is 43.1 Å². The smallest absolute Gasteiger partial charge is 0.202 e. The first kappa shape index (κ1) is 18.5. The SMILES string of the molecule is CCn1ncc(N)c1-c1nc2c3c4c(sc3ncn2n1)C[C@H](C(C)(C)CC)CC4. The molecule has 2 N–H and O–H groups in total. The van der Waals surface area contributed by atoms with E-state index in [0.717, 1.165) is 41.5 Å². The fourth-order valence-corrected chi connectivity index (χ4v) is 5.78. The van der Waals surface area contributed by atoms with Gasteiger partial charge in [0.15, 0.2) is 5.65 Å². The lowest BCUT2D eigenvalue weighted by Crippen LogP contribution is -2.28. The minimum absolute atomic E-state index is 0.370. The molecule has 0 saturated carbocycles. The van der Waals surface area contributed by atoms with Crippen LogP contribution in [0, 0.1) is 11.3 Å². The van der Waals surface area contributed by atoms with E-state index in [1.165, 1.54) is 28.7 Å². The van der Waals surface area contributed by atoms with E-state index in [2.05, 4.69) is 31.0 Å². The Morgan fingerprint density at radius 1 is 1.31 bits per heavy atom. The molecule has 29 heavy (non-hydrogen) atoms. The van der Waals surface area contributed by atoms with E-state index in [0.29, 0.717) is 16.9 Å². The van der Waals surface area contributed by atoms with Crippen LogP contribution in [0.3, 0.4) is 0 Å². The van der Waals surface area contributed by atoms with Crippen molar-refractivity contribution in [1.29, 1.82) is 0 Å². The second-order valence-electron chi connectivity index (χ2n) is 8.68. The fourth-order valence-electron chi connectivity index (χ4n) is 4.51. The van der Waals surface area contributed by atoms with Crippen LogP contribution in [-0.2, 0) is 19.4 Å². The lowest BCUT2D eigenvalue weighted by Gasteiger charge is -2.36. The lowest BCUT2D eigenvalue weighted by atomic mass is 9.70. The standard InChI is InChI=1S/C21H27N7S/c1-5-21(3,4)12-7-8-13-15(9-12)29-20-16(13)19-25-18(26-28(19)11-23-20)17-14(22)10-24-27(17)6-2/h10-12H,5-9,22H2,1-4H3/t12-/m1/s1. The van der Waals surface area contributed by atoms with Crippen molar-refractivity contribution < 1.29 is 0 Å². The number of anilines is 1. The molecule has 0 bridgehead atoms. The van der Waals surface area contributed by atoms with E-state index in [9.17, 15) is 0 Å². The number of hydrogen-bond donors (Lipinski definition) is 1. The van der Waals surface area contributed by atoms with Crippen LogP contribution in [0.1, 0.15) is 51.0 Å². The molecule has 0 amide bonds. The fraction of sp³-hybridized carbons (Fsp3) is 0.524. The molecule has 5 rings (SSSR count). The van der Waals surface area contributed by atoms with Crippen molar-refractivity contribution in [3.8, 4) is 11.5 Å². The van der Waals surface area contributed by atoms with E-state index in [1.807, 2.05) is 22.9 Å². The summed E-state index contributed by atoms with van der Waals surface area (Å²) < 4.78 is 3.63. The summed E-state index contributed by atoms with van der Waals surface area (Å²) >= 11 is 1.83. The first-order valence-electron chi connectivity index (χ1n) is 10.4. The Bertz CT molecular complexity index is 1210. The molecule has 0 spiro atoms. The molecule has 4 heterocycles. The van der Waals surface area contributed by atoms with Gasteiger partial charge < -0.3 is 5.73 Å². The van der Waals surface area contributed by atoms with Gasteiger partial charge in [-0.2, -0.15) is 5.10 Å². The van der Waals surface area contributed by atoms with Crippen molar-refractivity contribution >= 4 is 32.9 Å². The summed E-state index contributed by atoms with van der Waals surface area (Å²) in [6, 6.07) is 0. The van der Waals surface area contributed by atoms with Crippen molar-refractivity contribution in [3.63, 3.8) is 0 Å². The third-order valence-corrected chi connectivity index (χ3v) is 7.94. The topological polar surface area (TPSA) is 86.9 Å². The molecule has 7 nitrogen and oxygen atoms in total. The Labute approximate surface area is 174 Å². The molecule has 4 aromatic rings. The van der Waals surface area contributed by atoms with Crippen LogP contribution in [0.2, 0.25) is 0 Å². The predicted molar refractivity (Wildman–Crippen MR) is 117 cm³/mol. The highest BCUT2D eigenvalue weighted by atomic mass is 32.1. The Morgan fingerprint density at radius 2 is 2.14 bits per heavy atom. The maximum absolute atomic E-state index is 6.16. The number of thiophene rings is 1. The molecule has 0 radical (unpaired) electrons. The monoisotopic (exact) mass is 409 g/mol. The number of rotatable bonds is 4. The normalized spacial score (nSPS) is 17.3. The molecule has 0 unspecified atom stereocenters. The number of aromatic nitrogens is 6. The van der Waals surface area contributed by atoms with Crippen LogP contribution in [0.25, 0.3) is 27.4 Å². The number of nitrogens with zero attached hydrogens (tertiary/aromatic N) is 6. The minimum Gasteiger partial charge on any atom is -0.396 e. The summed E-state index contributed by atoms with van der Waals surface area (Å²) in [5, 5.41) is 10.2. The highest BCUT2D eigenvalue weighted by Crippen LogP contribution is 2.45. The van der Waals surface area contributed by atoms with Gasteiger partial charge in [0.25, 0.3) is 0 Å². The zero-order chi connectivity index (χ0) is 20.3. The summed E-state index contributed by atoms with van der Waals surface area (Å²) in [5.74, 6) is 1.33. The molecule has 1 aliphatic carbocycles. The number of nitrogens with two attached hydrogens (primary N) is 1. The molecule has 0 saturated heterocycles. The van der Waals surface area contributed by atoms with Gasteiger partial charge in [-0.1, -0.05) is 27.2 Å².